The molecule has 0 saturated heterocycles. The third kappa shape index (κ3) is 14.5. The molecular formula is C62H88N2O6S4. The van der Waals surface area contributed by atoms with E-state index in [0.29, 0.717) is 62.5 Å². The van der Waals surface area contributed by atoms with E-state index < -0.39 is 0 Å². The van der Waals surface area contributed by atoms with Crippen molar-refractivity contribution in [3.8, 4) is 42.5 Å². The molecule has 0 N–H and O–H groups in total. The first-order valence-corrected chi connectivity index (χ1v) is 32.9. The zero-order valence-electron chi connectivity index (χ0n) is 45.6. The molecule has 0 saturated carbocycles. The molecule has 406 valence electrons. The van der Waals surface area contributed by atoms with Crippen molar-refractivity contribution in [2.24, 2.45) is 11.8 Å². The van der Waals surface area contributed by atoms with Crippen LogP contribution in [0.1, 0.15) is 217 Å². The molecule has 4 aliphatic rings. The Morgan fingerprint density at radius 1 is 0.419 bits per heavy atom. The number of unbranched alkanes of at least 4 members (excludes halogenated alkanes) is 20. The van der Waals surface area contributed by atoms with Crippen LogP contribution in [0.5, 0.6) is 23.0 Å². The zero-order valence-corrected chi connectivity index (χ0v) is 48.9. The highest BCUT2D eigenvalue weighted by Crippen LogP contribution is 2.54. The monoisotopic (exact) mass is 1080 g/mol. The van der Waals surface area contributed by atoms with Crippen molar-refractivity contribution in [2.75, 3.05) is 39.5 Å². The number of nitrogens with zero attached hydrogens (tertiary/aromatic N) is 2. The van der Waals surface area contributed by atoms with E-state index >= 15 is 9.59 Å². The van der Waals surface area contributed by atoms with Gasteiger partial charge in [0.05, 0.1) is 42.0 Å². The second kappa shape index (κ2) is 29.8. The predicted octanol–water partition coefficient (Wildman–Crippen LogP) is 18.9. The molecule has 0 unspecified atom stereocenters. The predicted molar refractivity (Wildman–Crippen MR) is 313 cm³/mol. The fraction of sp³-hybridized carbons (Fsp3) is 0.645. The number of carbonyl (C=O) groups is 2. The van der Waals surface area contributed by atoms with Gasteiger partial charge in [-0.05, 0) is 61.8 Å². The van der Waals surface area contributed by atoms with Gasteiger partial charge in [0.2, 0.25) is 0 Å². The van der Waals surface area contributed by atoms with Crippen LogP contribution in [0.4, 0.5) is 0 Å². The lowest BCUT2D eigenvalue weighted by atomic mass is 9.93. The van der Waals surface area contributed by atoms with E-state index in [0.717, 1.165) is 89.3 Å². The minimum atomic E-state index is -0.0134. The van der Waals surface area contributed by atoms with Gasteiger partial charge in [0, 0.05) is 33.6 Å². The van der Waals surface area contributed by atoms with Crippen molar-refractivity contribution < 1.29 is 28.5 Å². The summed E-state index contributed by atoms with van der Waals surface area (Å²) in [6.07, 6.45) is 34.4. The molecule has 0 radical (unpaired) electrons. The Bertz CT molecular complexity index is 2240. The molecule has 12 heteroatoms. The normalized spacial score (nSPS) is 15.4. The number of ether oxygens (including phenoxy) is 4. The van der Waals surface area contributed by atoms with Gasteiger partial charge in [-0.25, -0.2) is 0 Å². The molecule has 0 bridgehead atoms. The van der Waals surface area contributed by atoms with Crippen LogP contribution in [-0.4, -0.2) is 61.1 Å². The second-order valence-corrected chi connectivity index (χ2v) is 25.4. The molecule has 0 aliphatic carbocycles. The summed E-state index contributed by atoms with van der Waals surface area (Å²) < 4.78 is 24.4. The summed E-state index contributed by atoms with van der Waals surface area (Å²) in [5.74, 6) is 3.85. The third-order valence-electron chi connectivity index (χ3n) is 15.7. The highest BCUT2D eigenvalue weighted by Gasteiger charge is 2.50. The molecule has 8 nitrogen and oxygen atoms in total. The molecule has 4 aromatic heterocycles. The average molecular weight is 1090 g/mol. The van der Waals surface area contributed by atoms with Crippen LogP contribution < -0.4 is 18.9 Å². The molecule has 8 rings (SSSR count). The van der Waals surface area contributed by atoms with Crippen molar-refractivity contribution in [3.05, 3.63) is 55.9 Å². The largest absolute Gasteiger partial charge is 0.485 e. The lowest BCUT2D eigenvalue weighted by Gasteiger charge is -2.29. The van der Waals surface area contributed by atoms with E-state index in [9.17, 15) is 0 Å². The quantitative estimate of drug-likeness (QED) is 0.0422. The Kier molecular flexibility index (Phi) is 22.8. The third-order valence-corrected chi connectivity index (χ3v) is 20.1. The number of amides is 2. The maximum absolute atomic E-state index is 16.0. The molecular weight excluding hydrogens is 997 g/mol. The number of hydrogen-bond acceptors (Lipinski definition) is 10. The fourth-order valence-corrected chi connectivity index (χ4v) is 15.8. The number of hydrogen-bond donors (Lipinski definition) is 0. The summed E-state index contributed by atoms with van der Waals surface area (Å²) in [7, 11) is 0. The van der Waals surface area contributed by atoms with Crippen LogP contribution in [-0.2, 0) is 9.59 Å². The number of rotatable bonds is 36. The van der Waals surface area contributed by atoms with Gasteiger partial charge in [0.25, 0.3) is 11.8 Å². The van der Waals surface area contributed by atoms with Crippen molar-refractivity contribution >= 4 is 68.6 Å². The van der Waals surface area contributed by atoms with Gasteiger partial charge in [-0.2, -0.15) is 0 Å². The van der Waals surface area contributed by atoms with E-state index in [1.807, 2.05) is 10.8 Å². The lowest BCUT2D eigenvalue weighted by Crippen LogP contribution is -2.34. The SMILES string of the molecule is CCCCCCCCC(CCCCCCCC)CN1C(=O)C2=C(c3ccc(-c4scc5c4OCCO5)s3)N(CC(CCCCCCCC)CCCCCCCC)C(=O)C2=C1c1ccc(-c2scc3c2OCCO3)s1. The van der Waals surface area contributed by atoms with E-state index in [4.69, 9.17) is 18.9 Å². The molecule has 0 fully saturated rings. The Hall–Kier alpha value is -3.58. The molecule has 0 atom stereocenters. The highest BCUT2D eigenvalue weighted by atomic mass is 32.1. The van der Waals surface area contributed by atoms with Crippen molar-refractivity contribution in [1.29, 1.82) is 0 Å². The first-order valence-electron chi connectivity index (χ1n) is 29.5. The van der Waals surface area contributed by atoms with Crippen molar-refractivity contribution in [1.82, 2.24) is 9.80 Å². The maximum atomic E-state index is 16.0. The van der Waals surface area contributed by atoms with Crippen LogP contribution in [0.25, 0.3) is 30.9 Å². The Morgan fingerprint density at radius 3 is 1.08 bits per heavy atom. The van der Waals surface area contributed by atoms with Gasteiger partial charge in [0.1, 0.15) is 26.4 Å². The standard InChI is InChI=1S/C62H88N2O6S4/c1-5-9-13-17-21-25-29-45(30-26-22-18-14-10-6-2)41-63-55(49-33-35-51(73-49)59-57-47(43-71-59)67-37-39-69-57)53-54(61(63)65)56(50-34-36-52(74-50)60-58-48(44-72-60)68-38-40-70-58)64(62(53)66)42-46(31-27-23-19-15-11-7-3)32-28-24-20-16-12-8-4/h33-36,43-46H,5-32,37-42H2,1-4H3. The second-order valence-electron chi connectivity index (χ2n) is 21.5. The minimum Gasteiger partial charge on any atom is -0.485 e. The van der Waals surface area contributed by atoms with Gasteiger partial charge in [0.15, 0.2) is 23.0 Å². The summed E-state index contributed by atoms with van der Waals surface area (Å²) in [6, 6.07) is 8.66. The van der Waals surface area contributed by atoms with E-state index in [2.05, 4.69) is 61.8 Å². The van der Waals surface area contributed by atoms with Gasteiger partial charge in [-0.3, -0.25) is 9.59 Å². The molecule has 0 spiro atoms. The van der Waals surface area contributed by atoms with Crippen LogP contribution in [0.2, 0.25) is 0 Å². The van der Waals surface area contributed by atoms with Crippen LogP contribution in [0.3, 0.4) is 0 Å². The van der Waals surface area contributed by atoms with Gasteiger partial charge in [-0.15, -0.1) is 45.3 Å². The molecule has 4 aliphatic heterocycles. The fourth-order valence-electron chi connectivity index (χ4n) is 11.5. The van der Waals surface area contributed by atoms with Crippen LogP contribution >= 0.6 is 45.3 Å². The number of thiophene rings is 4. The lowest BCUT2D eigenvalue weighted by molar-refractivity contribution is -0.124. The van der Waals surface area contributed by atoms with E-state index in [1.54, 1.807) is 45.3 Å². The van der Waals surface area contributed by atoms with Gasteiger partial charge >= 0.3 is 0 Å². The Labute approximate surface area is 461 Å². The molecule has 74 heavy (non-hydrogen) atoms. The van der Waals surface area contributed by atoms with E-state index in [-0.39, 0.29) is 11.8 Å². The van der Waals surface area contributed by atoms with Crippen LogP contribution in [0, 0.1) is 11.8 Å². The topological polar surface area (TPSA) is 77.5 Å². The Balaban J connectivity index is 1.19. The Morgan fingerprint density at radius 2 is 0.730 bits per heavy atom. The summed E-state index contributed by atoms with van der Waals surface area (Å²) in [4.78, 5) is 42.3. The summed E-state index contributed by atoms with van der Waals surface area (Å²) in [5.41, 5.74) is 2.81. The highest BCUT2D eigenvalue weighted by molar-refractivity contribution is 7.23. The first kappa shape index (κ1) is 56.6. The van der Waals surface area contributed by atoms with Gasteiger partial charge < -0.3 is 28.7 Å². The van der Waals surface area contributed by atoms with Gasteiger partial charge in [-0.1, -0.05) is 182 Å². The number of carbonyl (C=O) groups excluding carboxylic acids is 2. The average Bonchev–Trinajstić information content (AvgIpc) is 4.31. The molecule has 2 amide bonds. The summed E-state index contributed by atoms with van der Waals surface area (Å²) in [5, 5.41) is 4.09. The molecule has 4 aromatic rings. The zero-order chi connectivity index (χ0) is 51.5. The first-order chi connectivity index (χ1) is 36.4. The maximum Gasteiger partial charge on any atom is 0.261 e. The van der Waals surface area contributed by atoms with Crippen LogP contribution in [0.15, 0.2) is 46.2 Å². The number of fused-ring (bicyclic) bond motifs is 3. The van der Waals surface area contributed by atoms with Crippen molar-refractivity contribution in [3.63, 3.8) is 0 Å². The van der Waals surface area contributed by atoms with E-state index in [1.165, 1.54) is 154 Å². The molecule has 0 aromatic carbocycles. The van der Waals surface area contributed by atoms with Crippen molar-refractivity contribution in [2.45, 2.75) is 207 Å². The summed E-state index contributed by atoms with van der Waals surface area (Å²) in [6.45, 7) is 12.5. The smallest absolute Gasteiger partial charge is 0.261 e. The minimum absolute atomic E-state index is 0.0134. The summed E-state index contributed by atoms with van der Waals surface area (Å²) >= 11 is 6.63. The molecule has 8 heterocycles.